The average Bonchev–Trinajstić information content (AvgIpc) is 2.96. The molecule has 1 aromatic heterocycles. The smallest absolute Gasteiger partial charge is 0.270 e. The number of ether oxygens (including phenoxy) is 2. The van der Waals surface area contributed by atoms with Crippen molar-refractivity contribution in [2.45, 2.75) is 32.4 Å². The minimum Gasteiger partial charge on any atom is -0.472 e. The van der Waals surface area contributed by atoms with Crippen LogP contribution in [0.15, 0.2) is 0 Å². The minimum atomic E-state index is -3.32. The molecule has 2 rings (SSSR count). The summed E-state index contributed by atoms with van der Waals surface area (Å²) >= 11 is 0.382. The van der Waals surface area contributed by atoms with E-state index in [-0.39, 0.29) is 11.4 Å². The number of aromatic nitrogens is 2. The highest BCUT2D eigenvalue weighted by Gasteiger charge is 2.21. The molecule has 0 amide bonds. The largest absolute Gasteiger partial charge is 0.472 e. The van der Waals surface area contributed by atoms with E-state index in [1.807, 2.05) is 0 Å². The lowest BCUT2D eigenvalue weighted by atomic mass is 10.1. The maximum Gasteiger partial charge on any atom is 0.270 e. The van der Waals surface area contributed by atoms with E-state index >= 15 is 0 Å². The van der Waals surface area contributed by atoms with Gasteiger partial charge >= 0.3 is 0 Å². The van der Waals surface area contributed by atoms with Gasteiger partial charge in [0.25, 0.3) is 5.88 Å². The summed E-state index contributed by atoms with van der Waals surface area (Å²) in [4.78, 5) is 0.0399. The number of aliphatic hydroxyl groups excluding tert-OH is 1. The van der Waals surface area contributed by atoms with E-state index < -0.39 is 56.0 Å². The van der Waals surface area contributed by atoms with E-state index in [1.54, 1.807) is 20.8 Å². The van der Waals surface area contributed by atoms with Crippen molar-refractivity contribution in [1.82, 2.24) is 14.1 Å². The van der Waals surface area contributed by atoms with Gasteiger partial charge in [0.05, 0.1) is 38.6 Å². The maximum atomic E-state index is 10.2. The fourth-order valence-corrected chi connectivity index (χ4v) is 1.71. The number of anilines is 1. The molecular formula is C13H24N4O3S. The van der Waals surface area contributed by atoms with E-state index in [4.69, 9.17) is 18.4 Å². The summed E-state index contributed by atoms with van der Waals surface area (Å²) in [6.07, 6.45) is -1.72. The molecule has 1 aliphatic rings. The van der Waals surface area contributed by atoms with Gasteiger partial charge in [-0.2, -0.15) is 4.37 Å². The van der Waals surface area contributed by atoms with Crippen molar-refractivity contribution < 1.29 is 28.3 Å². The van der Waals surface area contributed by atoms with E-state index in [0.717, 1.165) is 0 Å². The zero-order valence-electron chi connectivity index (χ0n) is 21.8. The van der Waals surface area contributed by atoms with Crippen LogP contribution < -0.4 is 15.0 Å². The van der Waals surface area contributed by atoms with Gasteiger partial charge in [0.2, 0.25) is 5.82 Å². The summed E-state index contributed by atoms with van der Waals surface area (Å²) in [6.45, 7) is -10.9. The first-order valence-electron chi connectivity index (χ1n) is 11.1. The van der Waals surface area contributed by atoms with Crippen LogP contribution in [-0.2, 0) is 4.74 Å². The van der Waals surface area contributed by atoms with Gasteiger partial charge in [-0.15, -0.1) is 4.37 Å². The molecule has 7 nitrogen and oxygen atoms in total. The fourth-order valence-electron chi connectivity index (χ4n) is 1.24. The Morgan fingerprint density at radius 3 is 2.90 bits per heavy atom. The minimum absolute atomic E-state index is 0.0399. The van der Waals surface area contributed by atoms with Gasteiger partial charge in [-0.3, -0.25) is 0 Å². The number of β-amino-alcohol motifs (C(OH)–C–C–N with tert-alkyl or cyclic N) is 1. The zero-order chi connectivity index (χ0) is 24.3. The van der Waals surface area contributed by atoms with Crippen molar-refractivity contribution >= 4 is 17.5 Å². The quantitative estimate of drug-likeness (QED) is 0.788. The highest BCUT2D eigenvalue weighted by molar-refractivity contribution is 6.99. The molecule has 2 heterocycles. The molecule has 0 aliphatic carbocycles. The normalized spacial score (nSPS) is 35.1. The van der Waals surface area contributed by atoms with Crippen molar-refractivity contribution in [2.24, 2.45) is 0 Å². The van der Waals surface area contributed by atoms with E-state index in [1.165, 1.54) is 0 Å². The van der Waals surface area contributed by atoms with Crippen molar-refractivity contribution in [3.63, 3.8) is 0 Å². The number of hydrogen-bond donors (Lipinski definition) is 2. The van der Waals surface area contributed by atoms with Crippen LogP contribution in [0.2, 0.25) is 0 Å². The molecular weight excluding hydrogens is 292 g/mol. The van der Waals surface area contributed by atoms with Crippen molar-refractivity contribution in [2.75, 3.05) is 44.1 Å². The summed E-state index contributed by atoms with van der Waals surface area (Å²) in [6, 6.07) is 0. The molecule has 0 unspecified atom stereocenters. The average molecular weight is 326 g/mol. The van der Waals surface area contributed by atoms with Gasteiger partial charge in [-0.05, 0) is 20.8 Å². The molecule has 0 aromatic carbocycles. The second kappa shape index (κ2) is 7.35. The monoisotopic (exact) mass is 326 g/mol. The Morgan fingerprint density at radius 2 is 2.24 bits per heavy atom. The molecule has 1 aromatic rings. The first kappa shape index (κ1) is 7.54. The fraction of sp³-hybridized carbons (Fsp3) is 0.846. The lowest BCUT2D eigenvalue weighted by Gasteiger charge is -2.27. The predicted octanol–water partition coefficient (Wildman–Crippen LogP) is 0.502. The number of morpholine rings is 1. The topological polar surface area (TPSA) is 79.7 Å². The van der Waals surface area contributed by atoms with Gasteiger partial charge in [0.15, 0.2) is 0 Å². The Kier molecular flexibility index (Phi) is 2.64. The van der Waals surface area contributed by atoms with Crippen molar-refractivity contribution in [3.8, 4) is 5.88 Å². The van der Waals surface area contributed by atoms with Crippen LogP contribution >= 0.6 is 11.7 Å². The lowest BCUT2D eigenvalue weighted by Crippen LogP contribution is -2.42. The van der Waals surface area contributed by atoms with Crippen LogP contribution in [-0.4, -0.2) is 64.7 Å². The molecule has 2 N–H and O–H groups in total. The van der Waals surface area contributed by atoms with Crippen LogP contribution in [0.1, 0.15) is 34.5 Å². The van der Waals surface area contributed by atoms with Gasteiger partial charge in [-0.1, -0.05) is 0 Å². The number of nitrogens with zero attached hydrogens (tertiary/aromatic N) is 3. The van der Waals surface area contributed by atoms with Gasteiger partial charge in [0.1, 0.15) is 12.7 Å². The van der Waals surface area contributed by atoms with E-state index in [9.17, 15) is 5.11 Å². The Bertz CT molecular complexity index is 775. The third kappa shape index (κ3) is 5.39. The SMILES string of the molecule is [2H]C([2H])(Oc1nsnc1N1C([2H])([2H])C([2H])([2H])OC([2H])([2H])C1([2H])[2H])[C@@H](O)CNC(C)(C)C. The summed E-state index contributed by atoms with van der Waals surface area (Å²) in [5.74, 6) is -1.53. The molecule has 1 aliphatic heterocycles. The number of rotatable bonds is 6. The Morgan fingerprint density at radius 1 is 1.52 bits per heavy atom. The van der Waals surface area contributed by atoms with Gasteiger partial charge < -0.3 is 24.8 Å². The Labute approximate surface area is 143 Å². The van der Waals surface area contributed by atoms with Crippen LogP contribution in [0.5, 0.6) is 5.88 Å². The van der Waals surface area contributed by atoms with Gasteiger partial charge in [0, 0.05) is 25.1 Å². The van der Waals surface area contributed by atoms with Crippen molar-refractivity contribution in [1.29, 1.82) is 0 Å². The maximum absolute atomic E-state index is 10.2. The highest BCUT2D eigenvalue weighted by atomic mass is 32.1. The van der Waals surface area contributed by atoms with Crippen LogP contribution in [0, 0.1) is 0 Å². The number of nitrogens with one attached hydrogen (secondary N) is 1. The first-order chi connectivity index (χ1) is 13.7. The molecule has 0 spiro atoms. The third-order valence-electron chi connectivity index (χ3n) is 2.19. The molecule has 120 valence electrons. The third-order valence-corrected chi connectivity index (χ3v) is 2.69. The van der Waals surface area contributed by atoms with Gasteiger partial charge in [-0.25, -0.2) is 0 Å². The molecule has 21 heavy (non-hydrogen) atoms. The number of aliphatic hydroxyl groups is 1. The Hall–Kier alpha value is -0.960. The van der Waals surface area contributed by atoms with Crippen LogP contribution in [0.3, 0.4) is 0 Å². The molecule has 1 atom stereocenters. The summed E-state index contributed by atoms with van der Waals surface area (Å²) in [7, 11) is 0. The van der Waals surface area contributed by atoms with E-state index in [2.05, 4.69) is 18.8 Å². The van der Waals surface area contributed by atoms with Crippen LogP contribution in [0.4, 0.5) is 5.82 Å². The molecule has 1 saturated heterocycles. The molecule has 1 fully saturated rings. The lowest BCUT2D eigenvalue weighted by molar-refractivity contribution is 0.0975. The summed E-state index contributed by atoms with van der Waals surface area (Å²) < 4.78 is 96.1. The highest BCUT2D eigenvalue weighted by Crippen LogP contribution is 2.26. The molecule has 8 heteroatoms. The standard InChI is InChI=1S/C13H24N4O3S/c1-13(2,3)14-8-10(18)9-20-12-11(15-21-16-12)17-4-6-19-7-5-17/h10,14,18H,4-9H2,1-3H3/t10-/m0/s1/i4D2,5D2,6D2,7D2,9D2. The molecule has 0 saturated carbocycles. The number of hydrogen-bond acceptors (Lipinski definition) is 8. The zero-order valence-corrected chi connectivity index (χ0v) is 12.6. The summed E-state index contributed by atoms with van der Waals surface area (Å²) in [5.41, 5.74) is -0.443. The van der Waals surface area contributed by atoms with Crippen molar-refractivity contribution in [3.05, 3.63) is 0 Å². The second-order valence-corrected chi connectivity index (χ2v) is 5.65. The Balaban J connectivity index is 2.43. The molecule has 0 radical (unpaired) electrons. The first-order valence-corrected chi connectivity index (χ1v) is 6.84. The molecule has 0 bridgehead atoms. The van der Waals surface area contributed by atoms with Crippen LogP contribution in [0.25, 0.3) is 0 Å². The van der Waals surface area contributed by atoms with E-state index in [0.29, 0.717) is 11.7 Å². The second-order valence-electron chi connectivity index (χ2n) is 5.12. The predicted molar refractivity (Wildman–Crippen MR) is 82.2 cm³/mol. The summed E-state index contributed by atoms with van der Waals surface area (Å²) in [5, 5.41) is 13.1.